The maximum absolute atomic E-state index is 12.2. The average molecular weight is 425 g/mol. The van der Waals surface area contributed by atoms with Crippen LogP contribution in [0.15, 0.2) is 48.5 Å². The van der Waals surface area contributed by atoms with Gasteiger partial charge in [-0.2, -0.15) is 0 Å². The average Bonchev–Trinajstić information content (AvgIpc) is 2.72. The Hall–Kier alpha value is -3.15. The van der Waals surface area contributed by atoms with Crippen molar-refractivity contribution in [1.29, 1.82) is 0 Å². The number of rotatable bonds is 8. The van der Waals surface area contributed by atoms with Crippen LogP contribution in [0.4, 0.5) is 0 Å². The third-order valence-corrected chi connectivity index (χ3v) is 5.02. The van der Waals surface area contributed by atoms with Crippen LogP contribution >= 0.6 is 0 Å². The fourth-order valence-corrected chi connectivity index (χ4v) is 3.15. The van der Waals surface area contributed by atoms with Gasteiger partial charge < -0.3 is 15.4 Å². The Labute approximate surface area is 184 Å². The first-order valence-electron chi connectivity index (χ1n) is 10.5. The number of aryl methyl sites for hydroxylation is 1. The molecule has 1 unspecified atom stereocenters. The van der Waals surface area contributed by atoms with Crippen molar-refractivity contribution in [2.24, 2.45) is 0 Å². The molecule has 2 aromatic rings. The molecule has 0 bridgehead atoms. The van der Waals surface area contributed by atoms with Crippen molar-refractivity contribution in [3.05, 3.63) is 70.8 Å². The topological polar surface area (TPSA) is 84.5 Å². The second-order valence-electron chi connectivity index (χ2n) is 8.64. The van der Waals surface area contributed by atoms with E-state index in [0.29, 0.717) is 5.56 Å². The zero-order chi connectivity index (χ0) is 23.0. The van der Waals surface area contributed by atoms with Gasteiger partial charge in [-0.05, 0) is 48.1 Å². The molecule has 0 saturated heterocycles. The van der Waals surface area contributed by atoms with Crippen LogP contribution in [0.25, 0.3) is 0 Å². The quantitative estimate of drug-likeness (QED) is 0.631. The molecule has 6 heteroatoms. The van der Waals surface area contributed by atoms with E-state index in [2.05, 4.69) is 31.4 Å². The van der Waals surface area contributed by atoms with Crippen LogP contribution in [-0.2, 0) is 19.7 Å². The van der Waals surface area contributed by atoms with E-state index >= 15 is 0 Å². The van der Waals surface area contributed by atoms with E-state index in [-0.39, 0.29) is 42.8 Å². The molecule has 2 rings (SSSR count). The normalized spacial score (nSPS) is 12.0. The summed E-state index contributed by atoms with van der Waals surface area (Å²) in [6.45, 7) is 9.97. The highest BCUT2D eigenvalue weighted by atomic mass is 16.5. The smallest absolute Gasteiger partial charge is 0.308 e. The molecule has 166 valence electrons. The first-order valence-corrected chi connectivity index (χ1v) is 10.5. The predicted molar refractivity (Wildman–Crippen MR) is 121 cm³/mol. The van der Waals surface area contributed by atoms with Gasteiger partial charge in [0, 0.05) is 12.1 Å². The standard InChI is InChI=1S/C25H32N2O4/c1-17-8-6-7-9-21(17)18(2)27-22(28)16-31-23(29)14-15-26-24(30)19-10-12-20(13-11-19)25(3,4)5/h6-13,18H,14-16H2,1-5H3,(H,26,30)(H,27,28). The second kappa shape index (κ2) is 10.8. The van der Waals surface area contributed by atoms with Crippen LogP contribution in [0.5, 0.6) is 0 Å². The lowest BCUT2D eigenvalue weighted by Crippen LogP contribution is -2.32. The molecule has 0 aliphatic heterocycles. The van der Waals surface area contributed by atoms with Crippen molar-refractivity contribution in [2.45, 2.75) is 52.5 Å². The largest absolute Gasteiger partial charge is 0.456 e. The minimum Gasteiger partial charge on any atom is -0.456 e. The Bertz CT molecular complexity index is 914. The summed E-state index contributed by atoms with van der Waals surface area (Å²) >= 11 is 0. The molecule has 2 N–H and O–H groups in total. The number of esters is 1. The van der Waals surface area contributed by atoms with Gasteiger partial charge >= 0.3 is 5.97 Å². The minimum atomic E-state index is -0.540. The fraction of sp³-hybridized carbons (Fsp3) is 0.400. The first-order chi connectivity index (χ1) is 14.6. The van der Waals surface area contributed by atoms with E-state index < -0.39 is 5.97 Å². The van der Waals surface area contributed by atoms with Crippen LogP contribution in [0, 0.1) is 6.92 Å². The lowest BCUT2D eigenvalue weighted by atomic mass is 9.87. The molecule has 0 fully saturated rings. The summed E-state index contributed by atoms with van der Waals surface area (Å²) in [5, 5.41) is 5.51. The zero-order valence-electron chi connectivity index (χ0n) is 19.0. The number of benzene rings is 2. The molecule has 2 aromatic carbocycles. The van der Waals surface area contributed by atoms with Crippen LogP contribution < -0.4 is 10.6 Å². The Morgan fingerprint density at radius 3 is 2.26 bits per heavy atom. The Morgan fingerprint density at radius 2 is 1.65 bits per heavy atom. The monoisotopic (exact) mass is 424 g/mol. The molecule has 0 radical (unpaired) electrons. The molecule has 31 heavy (non-hydrogen) atoms. The number of hydrogen-bond acceptors (Lipinski definition) is 4. The Balaban J connectivity index is 1.70. The maximum Gasteiger partial charge on any atom is 0.308 e. The molecular weight excluding hydrogens is 392 g/mol. The van der Waals surface area contributed by atoms with E-state index in [9.17, 15) is 14.4 Å². The van der Waals surface area contributed by atoms with E-state index in [1.165, 1.54) is 0 Å². The highest BCUT2D eigenvalue weighted by Crippen LogP contribution is 2.22. The Morgan fingerprint density at radius 1 is 1.00 bits per heavy atom. The lowest BCUT2D eigenvalue weighted by Gasteiger charge is -2.19. The molecule has 1 atom stereocenters. The maximum atomic E-state index is 12.2. The van der Waals surface area contributed by atoms with Gasteiger partial charge in [0.05, 0.1) is 12.5 Å². The van der Waals surface area contributed by atoms with Crippen molar-refractivity contribution in [3.63, 3.8) is 0 Å². The van der Waals surface area contributed by atoms with Crippen molar-refractivity contribution in [2.75, 3.05) is 13.2 Å². The summed E-state index contributed by atoms with van der Waals surface area (Å²) in [6, 6.07) is 15.0. The van der Waals surface area contributed by atoms with Crippen molar-refractivity contribution in [1.82, 2.24) is 10.6 Å². The summed E-state index contributed by atoms with van der Waals surface area (Å²) in [5.41, 5.74) is 3.79. The van der Waals surface area contributed by atoms with Gasteiger partial charge in [-0.15, -0.1) is 0 Å². The van der Waals surface area contributed by atoms with Gasteiger partial charge in [0.25, 0.3) is 11.8 Å². The highest BCUT2D eigenvalue weighted by molar-refractivity contribution is 5.94. The summed E-state index contributed by atoms with van der Waals surface area (Å²) in [4.78, 5) is 36.1. The van der Waals surface area contributed by atoms with Crippen LogP contribution in [-0.4, -0.2) is 30.9 Å². The summed E-state index contributed by atoms with van der Waals surface area (Å²) in [5.74, 6) is -1.16. The van der Waals surface area contributed by atoms with Gasteiger partial charge in [-0.3, -0.25) is 14.4 Å². The second-order valence-corrected chi connectivity index (χ2v) is 8.64. The number of nitrogens with one attached hydrogen (secondary N) is 2. The van der Waals surface area contributed by atoms with E-state index in [1.54, 1.807) is 12.1 Å². The van der Waals surface area contributed by atoms with E-state index in [4.69, 9.17) is 4.74 Å². The number of ether oxygens (including phenoxy) is 1. The lowest BCUT2D eigenvalue weighted by molar-refractivity contribution is -0.148. The third kappa shape index (κ3) is 7.55. The molecule has 0 heterocycles. The first kappa shape index (κ1) is 24.1. The zero-order valence-corrected chi connectivity index (χ0v) is 19.0. The summed E-state index contributed by atoms with van der Waals surface area (Å²) in [7, 11) is 0. The summed E-state index contributed by atoms with van der Waals surface area (Å²) < 4.78 is 5.01. The van der Waals surface area contributed by atoms with Gasteiger partial charge in [0.15, 0.2) is 6.61 Å². The highest BCUT2D eigenvalue weighted by Gasteiger charge is 2.15. The predicted octanol–water partition coefficient (Wildman–Crippen LogP) is 3.83. The molecule has 0 saturated carbocycles. The van der Waals surface area contributed by atoms with Crippen molar-refractivity contribution >= 4 is 17.8 Å². The molecule has 6 nitrogen and oxygen atoms in total. The van der Waals surface area contributed by atoms with E-state index in [0.717, 1.165) is 16.7 Å². The number of carbonyl (C=O) groups is 3. The molecule has 0 spiro atoms. The molecule has 0 aliphatic carbocycles. The molecular formula is C25H32N2O4. The molecule has 0 aromatic heterocycles. The van der Waals surface area contributed by atoms with E-state index in [1.807, 2.05) is 50.2 Å². The SMILES string of the molecule is Cc1ccccc1C(C)NC(=O)COC(=O)CCNC(=O)c1ccc(C(C)(C)C)cc1. The third-order valence-electron chi connectivity index (χ3n) is 5.02. The molecule has 0 aliphatic rings. The van der Waals surface area contributed by atoms with Crippen molar-refractivity contribution in [3.8, 4) is 0 Å². The van der Waals surface area contributed by atoms with Crippen LogP contribution in [0.3, 0.4) is 0 Å². The van der Waals surface area contributed by atoms with Crippen LogP contribution in [0.2, 0.25) is 0 Å². The number of carbonyl (C=O) groups excluding carboxylic acids is 3. The summed E-state index contributed by atoms with van der Waals surface area (Å²) in [6.07, 6.45) is -0.00750. The van der Waals surface area contributed by atoms with Crippen molar-refractivity contribution < 1.29 is 19.1 Å². The van der Waals surface area contributed by atoms with Gasteiger partial charge in [0.1, 0.15) is 0 Å². The minimum absolute atomic E-state index is 0.00750. The fourth-order valence-electron chi connectivity index (χ4n) is 3.15. The van der Waals surface area contributed by atoms with Gasteiger partial charge in [-0.25, -0.2) is 0 Å². The van der Waals surface area contributed by atoms with Gasteiger partial charge in [0.2, 0.25) is 0 Å². The number of amides is 2. The van der Waals surface area contributed by atoms with Gasteiger partial charge in [-0.1, -0.05) is 57.2 Å². The number of hydrogen-bond donors (Lipinski definition) is 2. The Kier molecular flexibility index (Phi) is 8.37. The molecule has 2 amide bonds. The van der Waals surface area contributed by atoms with Crippen LogP contribution in [0.1, 0.15) is 67.2 Å².